The highest BCUT2D eigenvalue weighted by Gasteiger charge is 2.27. The number of anilines is 1. The average Bonchev–Trinajstić information content (AvgIpc) is 3.12. The molecule has 0 saturated carbocycles. The fourth-order valence-electron chi connectivity index (χ4n) is 4.06. The Morgan fingerprint density at radius 3 is 2.49 bits per heavy atom. The predicted octanol–water partition coefficient (Wildman–Crippen LogP) is 2.39. The number of carboxylic acids is 1. The molecule has 0 aliphatic carbocycles. The maximum absolute atomic E-state index is 13.4. The van der Waals surface area contributed by atoms with Gasteiger partial charge in [-0.05, 0) is 23.6 Å². The summed E-state index contributed by atoms with van der Waals surface area (Å²) in [7, 11) is 1.62. The van der Waals surface area contributed by atoms with Crippen LogP contribution in [0.2, 0.25) is 5.15 Å². The zero-order valence-corrected chi connectivity index (χ0v) is 20.7. The first-order chi connectivity index (χ1) is 16.5. The van der Waals surface area contributed by atoms with Gasteiger partial charge in [0, 0.05) is 24.2 Å². The Morgan fingerprint density at radius 2 is 1.89 bits per heavy atom. The Morgan fingerprint density at radius 1 is 1.20 bits per heavy atom. The summed E-state index contributed by atoms with van der Waals surface area (Å²) in [5.74, 6) is -0.845. The summed E-state index contributed by atoms with van der Waals surface area (Å²) in [5, 5.41) is 25.9. The van der Waals surface area contributed by atoms with E-state index >= 15 is 0 Å². The van der Waals surface area contributed by atoms with Crippen LogP contribution in [0.3, 0.4) is 0 Å². The number of halogens is 1. The minimum absolute atomic E-state index is 0.0705. The second-order valence-corrected chi connectivity index (χ2v) is 9.64. The van der Waals surface area contributed by atoms with Crippen molar-refractivity contribution in [1.82, 2.24) is 19.4 Å². The van der Waals surface area contributed by atoms with Gasteiger partial charge in [0.1, 0.15) is 17.9 Å². The van der Waals surface area contributed by atoms with Crippen molar-refractivity contribution in [2.45, 2.75) is 32.7 Å². The molecular formula is C23H27ClN6O5. The van der Waals surface area contributed by atoms with Crippen LogP contribution in [-0.4, -0.2) is 69.7 Å². The number of carboxylic acid groups (broad SMARTS) is 1. The lowest BCUT2D eigenvalue weighted by atomic mass is 9.84. The monoisotopic (exact) mass is 502 g/mol. The minimum Gasteiger partial charge on any atom is -0.494 e. The van der Waals surface area contributed by atoms with E-state index in [1.807, 2.05) is 26.8 Å². The van der Waals surface area contributed by atoms with Crippen molar-refractivity contribution in [2.75, 3.05) is 38.3 Å². The van der Waals surface area contributed by atoms with Crippen LogP contribution in [0.4, 0.5) is 5.69 Å². The number of Topliss-reactive ketones (excluding diaryl/α,β-unsaturated/α-hetero) is 1. The lowest BCUT2D eigenvalue weighted by Crippen LogP contribution is -2.37. The number of benzene rings is 1. The summed E-state index contributed by atoms with van der Waals surface area (Å²) in [6.07, 6.45) is 0. The molecule has 0 spiro atoms. The number of aromatic nitrogens is 4. The van der Waals surface area contributed by atoms with Crippen molar-refractivity contribution in [3.8, 4) is 5.75 Å². The molecule has 186 valence electrons. The van der Waals surface area contributed by atoms with Gasteiger partial charge in [0.25, 0.3) is 0 Å². The predicted molar refractivity (Wildman–Crippen MR) is 128 cm³/mol. The van der Waals surface area contributed by atoms with Gasteiger partial charge in [-0.2, -0.15) is 9.61 Å². The molecule has 2 N–H and O–H groups in total. The van der Waals surface area contributed by atoms with E-state index in [-0.39, 0.29) is 39.7 Å². The summed E-state index contributed by atoms with van der Waals surface area (Å²) >= 11 is 5.92. The van der Waals surface area contributed by atoms with Crippen LogP contribution in [0.25, 0.3) is 5.65 Å². The second-order valence-electron chi connectivity index (χ2n) is 9.25. The molecule has 3 aromatic rings. The maximum atomic E-state index is 13.4. The van der Waals surface area contributed by atoms with Crippen LogP contribution in [0.5, 0.6) is 5.75 Å². The Balaban J connectivity index is 1.79. The first-order valence-corrected chi connectivity index (χ1v) is 11.4. The number of hydrogen-bond acceptors (Lipinski definition) is 8. The van der Waals surface area contributed by atoms with Gasteiger partial charge in [-0.3, -0.25) is 10.2 Å². The zero-order chi connectivity index (χ0) is 25.5. The molecule has 1 aliphatic heterocycles. The fourth-order valence-corrected chi connectivity index (χ4v) is 4.25. The molecule has 1 aliphatic rings. The standard InChI is InChI=1S/C23H27ClN6O5/c1-23(2,3)15-9-13(10-16(19(15)34-4)28-5-7-35-8-6-28)17(31)12-29-22(25)30-20(27-29)14(21(32)33)11-18(24)26-30/h9-11,25H,5-8,12H2,1-4H3,(H,32,33). The molecule has 0 amide bonds. The third-order valence-corrected chi connectivity index (χ3v) is 6.02. The topological polar surface area (TPSA) is 135 Å². The quantitative estimate of drug-likeness (QED) is 0.490. The Labute approximate surface area is 206 Å². The van der Waals surface area contributed by atoms with E-state index in [0.717, 1.165) is 26.5 Å². The fraction of sp³-hybridized carbons (Fsp3) is 0.435. The van der Waals surface area contributed by atoms with E-state index in [4.69, 9.17) is 26.5 Å². The van der Waals surface area contributed by atoms with Gasteiger partial charge >= 0.3 is 5.97 Å². The smallest absolute Gasteiger partial charge is 0.339 e. The number of carbonyl (C=O) groups is 2. The number of morpholine rings is 1. The van der Waals surface area contributed by atoms with E-state index in [9.17, 15) is 14.7 Å². The van der Waals surface area contributed by atoms with Crippen LogP contribution in [0.1, 0.15) is 47.1 Å². The number of hydrogen-bond donors (Lipinski definition) is 2. The highest BCUT2D eigenvalue weighted by atomic mass is 35.5. The molecule has 11 nitrogen and oxygen atoms in total. The van der Waals surface area contributed by atoms with E-state index in [0.29, 0.717) is 37.6 Å². The third-order valence-electron chi connectivity index (χ3n) is 5.84. The molecular weight excluding hydrogens is 476 g/mol. The number of fused-ring (bicyclic) bond motifs is 1. The summed E-state index contributed by atoms with van der Waals surface area (Å²) in [5.41, 5.74) is 1.26. The van der Waals surface area contributed by atoms with Crippen LogP contribution in [-0.2, 0) is 16.7 Å². The molecule has 4 rings (SSSR count). The Hall–Kier alpha value is -3.44. The molecule has 0 atom stereocenters. The maximum Gasteiger partial charge on any atom is 0.339 e. The normalized spacial score (nSPS) is 14.4. The third kappa shape index (κ3) is 4.73. The number of ether oxygens (including phenoxy) is 2. The summed E-state index contributed by atoms with van der Waals surface area (Å²) < 4.78 is 13.4. The number of rotatable bonds is 6. The molecule has 35 heavy (non-hydrogen) atoms. The molecule has 0 radical (unpaired) electrons. The number of nitrogens with one attached hydrogen (secondary N) is 1. The van der Waals surface area contributed by atoms with E-state index in [2.05, 4.69) is 15.1 Å². The van der Waals surface area contributed by atoms with E-state index in [1.165, 1.54) is 0 Å². The van der Waals surface area contributed by atoms with E-state index in [1.54, 1.807) is 13.2 Å². The number of ketones is 1. The van der Waals surface area contributed by atoms with Gasteiger partial charge in [0.2, 0.25) is 5.62 Å². The van der Waals surface area contributed by atoms with Crippen molar-refractivity contribution in [3.05, 3.63) is 45.7 Å². The SMILES string of the molecule is COc1c(N2CCOCC2)cc(C(=O)Cn2nc3c(C(=O)O)cc(Cl)nn3c2=N)cc1C(C)(C)C. The van der Waals surface area contributed by atoms with Gasteiger partial charge in [-0.1, -0.05) is 32.4 Å². The number of carbonyl (C=O) groups excluding carboxylic acids is 1. The Kier molecular flexibility index (Phi) is 6.56. The molecule has 2 aromatic heterocycles. The van der Waals surface area contributed by atoms with Gasteiger partial charge < -0.3 is 19.5 Å². The molecule has 0 unspecified atom stereocenters. The second kappa shape index (κ2) is 9.31. The minimum atomic E-state index is -1.26. The van der Waals surface area contributed by atoms with Crippen LogP contribution >= 0.6 is 11.6 Å². The van der Waals surface area contributed by atoms with Crippen molar-refractivity contribution in [2.24, 2.45) is 0 Å². The number of nitrogens with zero attached hydrogens (tertiary/aromatic N) is 5. The highest BCUT2D eigenvalue weighted by Crippen LogP contribution is 2.40. The summed E-state index contributed by atoms with van der Waals surface area (Å²) in [6.45, 7) is 8.34. The summed E-state index contributed by atoms with van der Waals surface area (Å²) in [6, 6.07) is 4.76. The first-order valence-electron chi connectivity index (χ1n) is 11.0. The lowest BCUT2D eigenvalue weighted by Gasteiger charge is -2.33. The highest BCUT2D eigenvalue weighted by molar-refractivity contribution is 6.29. The molecule has 1 aromatic carbocycles. The van der Waals surface area contributed by atoms with Crippen molar-refractivity contribution >= 4 is 34.7 Å². The zero-order valence-electron chi connectivity index (χ0n) is 20.0. The largest absolute Gasteiger partial charge is 0.494 e. The summed E-state index contributed by atoms with van der Waals surface area (Å²) in [4.78, 5) is 27.2. The van der Waals surface area contributed by atoms with Gasteiger partial charge in [-0.25, -0.2) is 9.48 Å². The van der Waals surface area contributed by atoms with Crippen molar-refractivity contribution in [3.63, 3.8) is 0 Å². The van der Waals surface area contributed by atoms with E-state index < -0.39 is 5.97 Å². The van der Waals surface area contributed by atoms with Crippen LogP contribution in [0.15, 0.2) is 18.2 Å². The van der Waals surface area contributed by atoms with Gasteiger partial charge in [0.15, 0.2) is 16.6 Å². The van der Waals surface area contributed by atoms with Gasteiger partial charge in [0.05, 0.1) is 26.0 Å². The van der Waals surface area contributed by atoms with Crippen LogP contribution < -0.4 is 15.3 Å². The molecule has 12 heteroatoms. The number of aromatic carboxylic acids is 1. The molecule has 3 heterocycles. The first kappa shape index (κ1) is 24.7. The van der Waals surface area contributed by atoms with Gasteiger partial charge in [-0.15, -0.1) is 5.10 Å². The lowest BCUT2D eigenvalue weighted by molar-refractivity contribution is 0.0698. The molecule has 1 fully saturated rings. The van der Waals surface area contributed by atoms with Crippen molar-refractivity contribution in [1.29, 1.82) is 5.41 Å². The molecule has 1 saturated heterocycles. The Bertz CT molecular complexity index is 1370. The molecule has 0 bridgehead atoms. The number of methoxy groups -OCH3 is 1. The van der Waals surface area contributed by atoms with Crippen LogP contribution in [0, 0.1) is 5.41 Å². The average molecular weight is 503 g/mol. The van der Waals surface area contributed by atoms with Crippen molar-refractivity contribution < 1.29 is 24.2 Å².